The van der Waals surface area contributed by atoms with E-state index in [1.165, 1.54) is 19.0 Å². The molecule has 0 atom stereocenters. The van der Waals surface area contributed by atoms with Gasteiger partial charge in [0.1, 0.15) is 5.71 Å². The maximum atomic E-state index is 11.7. The number of likely N-dealkylation sites (N-methyl/N-ethyl adjacent to an activating group) is 1. The van der Waals surface area contributed by atoms with E-state index in [9.17, 15) is 14.4 Å². The van der Waals surface area contributed by atoms with Gasteiger partial charge in [0.25, 0.3) is 5.91 Å². The van der Waals surface area contributed by atoms with Gasteiger partial charge in [-0.3, -0.25) is 9.59 Å². The summed E-state index contributed by atoms with van der Waals surface area (Å²) in [7, 11) is 2.98. The Kier molecular flexibility index (Phi) is 5.65. The Morgan fingerprint density at radius 1 is 1.50 bits per heavy atom. The zero-order chi connectivity index (χ0) is 15.1. The SMILES string of the molecule is CN(CCC#N)C(=O)COC(=O)C1=NN(C)C(=O)CC1. The number of hydrogen-bond donors (Lipinski definition) is 0. The van der Waals surface area contributed by atoms with Crippen LogP contribution in [0.4, 0.5) is 0 Å². The minimum Gasteiger partial charge on any atom is -0.451 e. The molecule has 8 heteroatoms. The fourth-order valence-electron chi connectivity index (χ4n) is 1.48. The van der Waals surface area contributed by atoms with Crippen LogP contribution in [0.3, 0.4) is 0 Å². The molecule has 0 spiro atoms. The van der Waals surface area contributed by atoms with E-state index in [0.29, 0.717) is 0 Å². The van der Waals surface area contributed by atoms with Crippen LogP contribution in [0.2, 0.25) is 0 Å². The largest absolute Gasteiger partial charge is 0.451 e. The summed E-state index contributed by atoms with van der Waals surface area (Å²) in [6.45, 7) is -0.123. The van der Waals surface area contributed by atoms with Crippen LogP contribution in [0, 0.1) is 11.3 Å². The first-order chi connectivity index (χ1) is 9.45. The number of carbonyl (C=O) groups excluding carboxylic acids is 3. The van der Waals surface area contributed by atoms with E-state index >= 15 is 0 Å². The Bertz CT molecular complexity index is 480. The van der Waals surface area contributed by atoms with E-state index in [2.05, 4.69) is 5.10 Å². The van der Waals surface area contributed by atoms with Crippen LogP contribution in [0.5, 0.6) is 0 Å². The molecule has 8 nitrogen and oxygen atoms in total. The summed E-state index contributed by atoms with van der Waals surface area (Å²) >= 11 is 0. The second-order valence-electron chi connectivity index (χ2n) is 4.26. The quantitative estimate of drug-likeness (QED) is 0.632. The van der Waals surface area contributed by atoms with Crippen molar-refractivity contribution in [3.05, 3.63) is 0 Å². The van der Waals surface area contributed by atoms with Crippen LogP contribution < -0.4 is 0 Å². The predicted molar refractivity (Wildman–Crippen MR) is 68.3 cm³/mol. The lowest BCUT2D eigenvalue weighted by molar-refractivity contribution is -0.146. The van der Waals surface area contributed by atoms with E-state index in [1.807, 2.05) is 6.07 Å². The first-order valence-corrected chi connectivity index (χ1v) is 6.07. The zero-order valence-corrected chi connectivity index (χ0v) is 11.5. The molecule has 20 heavy (non-hydrogen) atoms. The normalized spacial score (nSPS) is 14.3. The minimum atomic E-state index is -0.702. The van der Waals surface area contributed by atoms with Gasteiger partial charge in [-0.25, -0.2) is 9.80 Å². The summed E-state index contributed by atoms with van der Waals surface area (Å²) in [4.78, 5) is 35.8. The smallest absolute Gasteiger partial charge is 0.355 e. The maximum absolute atomic E-state index is 11.7. The molecule has 0 fully saturated rings. The van der Waals surface area contributed by atoms with Crippen LogP contribution in [0.1, 0.15) is 19.3 Å². The van der Waals surface area contributed by atoms with Gasteiger partial charge in [0.2, 0.25) is 5.91 Å². The lowest BCUT2D eigenvalue weighted by Crippen LogP contribution is -2.35. The van der Waals surface area contributed by atoms with Gasteiger partial charge in [0.05, 0.1) is 12.5 Å². The maximum Gasteiger partial charge on any atom is 0.355 e. The van der Waals surface area contributed by atoms with Crippen molar-refractivity contribution in [1.29, 1.82) is 5.26 Å². The first-order valence-electron chi connectivity index (χ1n) is 6.07. The fraction of sp³-hybridized carbons (Fsp3) is 0.583. The average molecular weight is 280 g/mol. The first kappa shape index (κ1) is 15.6. The number of hydrazone groups is 1. The summed E-state index contributed by atoms with van der Waals surface area (Å²) in [5.74, 6) is -1.27. The lowest BCUT2D eigenvalue weighted by atomic mass is 10.2. The molecule has 1 aliphatic rings. The number of nitrogens with zero attached hydrogens (tertiary/aromatic N) is 4. The van der Waals surface area contributed by atoms with Crippen molar-refractivity contribution in [2.24, 2.45) is 5.10 Å². The van der Waals surface area contributed by atoms with Crippen LogP contribution in [0.25, 0.3) is 0 Å². The number of nitriles is 1. The van der Waals surface area contributed by atoms with Crippen molar-refractivity contribution < 1.29 is 19.1 Å². The number of rotatable bonds is 5. The molecule has 1 heterocycles. The predicted octanol–water partition coefficient (Wildman–Crippen LogP) is -0.490. The average Bonchev–Trinajstić information content (AvgIpc) is 2.44. The number of hydrogen-bond acceptors (Lipinski definition) is 6. The summed E-state index contributed by atoms with van der Waals surface area (Å²) in [5, 5.41) is 13.3. The number of carbonyl (C=O) groups is 3. The van der Waals surface area contributed by atoms with E-state index in [4.69, 9.17) is 10.00 Å². The molecule has 0 unspecified atom stereocenters. The molecule has 0 bridgehead atoms. The second-order valence-corrected chi connectivity index (χ2v) is 4.26. The van der Waals surface area contributed by atoms with Crippen molar-refractivity contribution in [3.63, 3.8) is 0 Å². The van der Waals surface area contributed by atoms with Gasteiger partial charge >= 0.3 is 5.97 Å². The van der Waals surface area contributed by atoms with Crippen molar-refractivity contribution in [1.82, 2.24) is 9.91 Å². The highest BCUT2D eigenvalue weighted by molar-refractivity contribution is 6.37. The summed E-state index contributed by atoms with van der Waals surface area (Å²) in [5.41, 5.74) is 0.125. The molecule has 1 rings (SSSR count). The molecule has 108 valence electrons. The molecule has 0 aromatic carbocycles. The number of amides is 2. The van der Waals surface area contributed by atoms with Crippen LogP contribution >= 0.6 is 0 Å². The highest BCUT2D eigenvalue weighted by atomic mass is 16.5. The molecule has 0 N–H and O–H groups in total. The van der Waals surface area contributed by atoms with Crippen LogP contribution in [-0.2, 0) is 19.1 Å². The molecular formula is C12H16N4O4. The van der Waals surface area contributed by atoms with Crippen molar-refractivity contribution in [2.45, 2.75) is 19.3 Å². The van der Waals surface area contributed by atoms with Gasteiger partial charge in [-0.05, 0) is 0 Å². The molecular weight excluding hydrogens is 264 g/mol. The van der Waals surface area contributed by atoms with E-state index < -0.39 is 18.5 Å². The van der Waals surface area contributed by atoms with Gasteiger partial charge in [0.15, 0.2) is 6.61 Å². The highest BCUT2D eigenvalue weighted by Gasteiger charge is 2.23. The fourth-order valence-corrected chi connectivity index (χ4v) is 1.48. The third-order valence-corrected chi connectivity index (χ3v) is 2.75. The summed E-state index contributed by atoms with van der Waals surface area (Å²) in [6.07, 6.45) is 0.622. The van der Waals surface area contributed by atoms with E-state index in [1.54, 1.807) is 0 Å². The minimum absolute atomic E-state index is 0.125. The molecule has 0 aliphatic carbocycles. The Hall–Kier alpha value is -2.43. The molecule has 0 saturated heterocycles. The van der Waals surface area contributed by atoms with Gasteiger partial charge < -0.3 is 9.64 Å². The number of ether oxygens (including phenoxy) is 1. The third kappa shape index (κ3) is 4.35. The summed E-state index contributed by atoms with van der Waals surface area (Å²) < 4.78 is 4.85. The molecule has 2 amide bonds. The van der Waals surface area contributed by atoms with Gasteiger partial charge in [-0.1, -0.05) is 0 Å². The lowest BCUT2D eigenvalue weighted by Gasteiger charge is -2.19. The topological polar surface area (TPSA) is 103 Å². The van der Waals surface area contributed by atoms with Gasteiger partial charge in [-0.2, -0.15) is 10.4 Å². The zero-order valence-electron chi connectivity index (χ0n) is 11.5. The van der Waals surface area contributed by atoms with Crippen molar-refractivity contribution in [2.75, 3.05) is 27.2 Å². The standard InChI is InChI=1S/C12H16N4O4/c1-15(7-3-6-13)11(18)8-20-12(19)9-4-5-10(17)16(2)14-9/h3-5,7-8H2,1-2H3. The van der Waals surface area contributed by atoms with E-state index in [0.717, 1.165) is 5.01 Å². The Balaban J connectivity index is 2.44. The Labute approximate surface area is 116 Å². The van der Waals surface area contributed by atoms with Crippen molar-refractivity contribution >= 4 is 23.5 Å². The van der Waals surface area contributed by atoms with Crippen LogP contribution in [0.15, 0.2) is 5.10 Å². The number of esters is 1. The molecule has 0 saturated carbocycles. The van der Waals surface area contributed by atoms with Crippen LogP contribution in [-0.4, -0.2) is 60.7 Å². The molecule has 0 aromatic heterocycles. The van der Waals surface area contributed by atoms with Crippen molar-refractivity contribution in [3.8, 4) is 6.07 Å². The summed E-state index contributed by atoms with van der Waals surface area (Å²) in [6, 6.07) is 1.92. The monoisotopic (exact) mass is 280 g/mol. The van der Waals surface area contributed by atoms with Gasteiger partial charge in [-0.15, -0.1) is 0 Å². The Morgan fingerprint density at radius 2 is 2.20 bits per heavy atom. The van der Waals surface area contributed by atoms with Gasteiger partial charge in [0, 0.05) is 33.5 Å². The molecule has 0 aromatic rings. The Morgan fingerprint density at radius 3 is 2.80 bits per heavy atom. The molecule has 1 aliphatic heterocycles. The third-order valence-electron chi connectivity index (χ3n) is 2.75. The van der Waals surface area contributed by atoms with E-state index in [-0.39, 0.29) is 37.4 Å². The highest BCUT2D eigenvalue weighted by Crippen LogP contribution is 2.08. The second kappa shape index (κ2) is 7.23. The molecule has 0 radical (unpaired) electrons.